The molecule has 0 fully saturated rings. The number of rotatable bonds is 6. The lowest BCUT2D eigenvalue weighted by Crippen LogP contribution is -2.17. The number of nitriles is 1. The molecule has 0 aromatic heterocycles. The van der Waals surface area contributed by atoms with Crippen LogP contribution in [0.15, 0.2) is 54.6 Å². The van der Waals surface area contributed by atoms with Crippen molar-refractivity contribution in [2.45, 2.75) is 0 Å². The molecule has 0 aliphatic rings. The number of benzene rings is 2. The fourth-order valence-electron chi connectivity index (χ4n) is 2.03. The maximum Gasteiger partial charge on any atom is 0.251 e. The van der Waals surface area contributed by atoms with Crippen molar-refractivity contribution < 1.29 is 14.3 Å². The molecule has 6 nitrogen and oxygen atoms in total. The van der Waals surface area contributed by atoms with Crippen molar-refractivity contribution in [1.82, 2.24) is 5.32 Å². The van der Waals surface area contributed by atoms with Crippen molar-refractivity contribution in [1.29, 1.82) is 5.26 Å². The van der Waals surface area contributed by atoms with Gasteiger partial charge in [-0.3, -0.25) is 9.59 Å². The number of hydrogen-bond acceptors (Lipinski definition) is 4. The minimum Gasteiger partial charge on any atom is -0.479 e. The summed E-state index contributed by atoms with van der Waals surface area (Å²) in [4.78, 5) is 23.4. The Morgan fingerprint density at radius 1 is 1.20 bits per heavy atom. The lowest BCUT2D eigenvalue weighted by atomic mass is 10.1. The first kappa shape index (κ1) is 17.8. The zero-order valence-corrected chi connectivity index (χ0v) is 13.7. The van der Waals surface area contributed by atoms with Gasteiger partial charge in [0.15, 0.2) is 6.61 Å². The van der Waals surface area contributed by atoms with Gasteiger partial charge in [-0.15, -0.1) is 0 Å². The van der Waals surface area contributed by atoms with Gasteiger partial charge in [0.05, 0.1) is 0 Å². The maximum atomic E-state index is 12.0. The summed E-state index contributed by atoms with van der Waals surface area (Å²) < 4.78 is 5.18. The summed E-state index contributed by atoms with van der Waals surface area (Å²) in [5, 5.41) is 13.8. The number of anilines is 1. The third-order valence-electron chi connectivity index (χ3n) is 3.23. The zero-order valence-electron chi connectivity index (χ0n) is 13.7. The molecule has 0 radical (unpaired) electrons. The monoisotopic (exact) mass is 335 g/mol. The van der Waals surface area contributed by atoms with Crippen molar-refractivity contribution in [2.24, 2.45) is 0 Å². The highest BCUT2D eigenvalue weighted by atomic mass is 16.5. The van der Waals surface area contributed by atoms with Gasteiger partial charge in [-0.2, -0.15) is 5.26 Å². The van der Waals surface area contributed by atoms with Crippen molar-refractivity contribution in [3.8, 4) is 11.8 Å². The summed E-state index contributed by atoms with van der Waals surface area (Å²) in [7, 11) is 1.57. The molecule has 0 bridgehead atoms. The Labute approximate surface area is 145 Å². The maximum absolute atomic E-state index is 12.0. The van der Waals surface area contributed by atoms with Crippen LogP contribution in [0.1, 0.15) is 15.9 Å². The molecule has 6 heteroatoms. The van der Waals surface area contributed by atoms with Crippen LogP contribution in [0.3, 0.4) is 0 Å². The summed E-state index contributed by atoms with van der Waals surface area (Å²) in [5.74, 6) is 0.0488. The molecule has 0 spiro atoms. The van der Waals surface area contributed by atoms with Crippen LogP contribution < -0.4 is 15.4 Å². The molecule has 0 heterocycles. The highest BCUT2D eigenvalue weighted by molar-refractivity contribution is 6.02. The number of carbonyl (C=O) groups is 2. The van der Waals surface area contributed by atoms with E-state index in [4.69, 9.17) is 10.00 Å². The van der Waals surface area contributed by atoms with E-state index in [9.17, 15) is 9.59 Å². The van der Waals surface area contributed by atoms with E-state index >= 15 is 0 Å². The van der Waals surface area contributed by atoms with Crippen LogP contribution in [0.2, 0.25) is 0 Å². The number of nitrogens with zero attached hydrogens (tertiary/aromatic N) is 1. The van der Waals surface area contributed by atoms with Gasteiger partial charge >= 0.3 is 0 Å². The van der Waals surface area contributed by atoms with E-state index in [1.807, 2.05) is 6.07 Å². The number of nitrogens with one attached hydrogen (secondary N) is 2. The summed E-state index contributed by atoms with van der Waals surface area (Å²) in [5.41, 5.74) is 1.92. The lowest BCUT2D eigenvalue weighted by molar-refractivity contribution is -0.111. The van der Waals surface area contributed by atoms with E-state index in [2.05, 4.69) is 10.6 Å². The van der Waals surface area contributed by atoms with Gasteiger partial charge in [0.25, 0.3) is 5.91 Å². The second kappa shape index (κ2) is 8.89. The fourth-order valence-corrected chi connectivity index (χ4v) is 2.03. The molecule has 126 valence electrons. The summed E-state index contributed by atoms with van der Waals surface area (Å²) >= 11 is 0. The second-order valence-corrected chi connectivity index (χ2v) is 5.00. The molecule has 2 rings (SSSR count). The van der Waals surface area contributed by atoms with Crippen molar-refractivity contribution in [3.63, 3.8) is 0 Å². The fraction of sp³-hybridized carbons (Fsp3) is 0.105. The standard InChI is InChI=1S/C19H17N3O3/c1-21-19(24)15-8-5-14(6-9-15)7-10-18(23)22-16-3-2-4-17(13-16)25-12-11-20/h2-10,13H,12H2,1H3,(H,21,24)(H,22,23)/b10-7+. The SMILES string of the molecule is CNC(=O)c1ccc(/C=C/C(=O)Nc2cccc(OCC#N)c2)cc1. The Morgan fingerprint density at radius 2 is 1.96 bits per heavy atom. The first-order valence-corrected chi connectivity index (χ1v) is 7.53. The molecular formula is C19H17N3O3. The second-order valence-electron chi connectivity index (χ2n) is 5.00. The van der Waals surface area contributed by atoms with E-state index in [-0.39, 0.29) is 18.4 Å². The summed E-state index contributed by atoms with van der Waals surface area (Å²) in [6.07, 6.45) is 3.05. The predicted molar refractivity (Wildman–Crippen MR) is 95.0 cm³/mol. The predicted octanol–water partition coefficient (Wildman–Crippen LogP) is 2.60. The van der Waals surface area contributed by atoms with Crippen molar-refractivity contribution >= 4 is 23.6 Å². The van der Waals surface area contributed by atoms with E-state index in [0.717, 1.165) is 5.56 Å². The number of hydrogen-bond donors (Lipinski definition) is 2. The van der Waals surface area contributed by atoms with Gasteiger partial charge in [-0.05, 0) is 35.9 Å². The van der Waals surface area contributed by atoms with Crippen LogP contribution >= 0.6 is 0 Å². The van der Waals surface area contributed by atoms with Gasteiger partial charge < -0.3 is 15.4 Å². The average molecular weight is 335 g/mol. The van der Waals surface area contributed by atoms with Crippen LogP contribution in [0, 0.1) is 11.3 Å². The van der Waals surface area contributed by atoms with Crippen molar-refractivity contribution in [2.75, 3.05) is 19.0 Å². The van der Waals surface area contributed by atoms with Gasteiger partial charge in [-0.25, -0.2) is 0 Å². The first-order valence-electron chi connectivity index (χ1n) is 7.53. The molecule has 25 heavy (non-hydrogen) atoms. The molecule has 2 N–H and O–H groups in total. The van der Waals surface area contributed by atoms with Crippen LogP contribution in [0.25, 0.3) is 6.08 Å². The number of ether oxygens (including phenoxy) is 1. The Kier molecular flexibility index (Phi) is 6.32. The Bertz CT molecular complexity index is 821. The third kappa shape index (κ3) is 5.52. The summed E-state index contributed by atoms with van der Waals surface area (Å²) in [6.45, 7) is -0.0522. The Hall–Kier alpha value is -3.59. The van der Waals surface area contributed by atoms with Crippen LogP contribution in [-0.2, 0) is 4.79 Å². The largest absolute Gasteiger partial charge is 0.479 e. The Balaban J connectivity index is 1.96. The van der Waals surface area contributed by atoms with Crippen molar-refractivity contribution in [3.05, 3.63) is 65.7 Å². The molecule has 0 saturated carbocycles. The van der Waals surface area contributed by atoms with Crippen LogP contribution in [0.4, 0.5) is 5.69 Å². The highest BCUT2D eigenvalue weighted by Gasteiger charge is 2.02. The van der Waals surface area contributed by atoms with E-state index < -0.39 is 0 Å². The normalized spacial score (nSPS) is 10.1. The minimum absolute atomic E-state index is 0.0522. The number of amides is 2. The lowest BCUT2D eigenvalue weighted by Gasteiger charge is -2.05. The zero-order chi connectivity index (χ0) is 18.1. The minimum atomic E-state index is -0.298. The van der Waals surface area contributed by atoms with Crippen LogP contribution in [0.5, 0.6) is 5.75 Å². The highest BCUT2D eigenvalue weighted by Crippen LogP contribution is 2.17. The molecule has 0 saturated heterocycles. The summed E-state index contributed by atoms with van der Waals surface area (Å²) in [6, 6.07) is 15.6. The van der Waals surface area contributed by atoms with Gasteiger partial charge in [0.1, 0.15) is 11.8 Å². The average Bonchev–Trinajstić information content (AvgIpc) is 2.65. The van der Waals surface area contributed by atoms with E-state index in [0.29, 0.717) is 17.0 Å². The van der Waals surface area contributed by atoms with Gasteiger partial charge in [0.2, 0.25) is 5.91 Å². The smallest absolute Gasteiger partial charge is 0.251 e. The topological polar surface area (TPSA) is 91.2 Å². The van der Waals surface area contributed by atoms with Crippen LogP contribution in [-0.4, -0.2) is 25.5 Å². The molecule has 0 atom stereocenters. The van der Waals surface area contributed by atoms with Gasteiger partial charge in [0, 0.05) is 30.4 Å². The van der Waals surface area contributed by atoms with E-state index in [1.54, 1.807) is 61.7 Å². The molecule has 0 aliphatic carbocycles. The molecule has 2 amide bonds. The quantitative estimate of drug-likeness (QED) is 0.794. The molecule has 2 aromatic rings. The Morgan fingerprint density at radius 3 is 2.64 bits per heavy atom. The molecule has 2 aromatic carbocycles. The van der Waals surface area contributed by atoms with Gasteiger partial charge in [-0.1, -0.05) is 18.2 Å². The number of carbonyl (C=O) groups excluding carboxylic acids is 2. The molecular weight excluding hydrogens is 318 g/mol. The molecule has 0 unspecified atom stereocenters. The van der Waals surface area contributed by atoms with E-state index in [1.165, 1.54) is 6.08 Å². The third-order valence-corrected chi connectivity index (χ3v) is 3.23. The first-order chi connectivity index (χ1) is 12.1. The molecule has 0 aliphatic heterocycles.